The lowest BCUT2D eigenvalue weighted by molar-refractivity contribution is -0.134. The molecule has 0 bridgehead atoms. The molecule has 30 heavy (non-hydrogen) atoms. The van der Waals surface area contributed by atoms with Gasteiger partial charge in [-0.2, -0.15) is 0 Å². The second kappa shape index (κ2) is 9.51. The number of amides is 1. The third kappa shape index (κ3) is 6.71. The average Bonchev–Trinajstić information content (AvgIpc) is 2.68. The Hall–Kier alpha value is -0.570. The molecule has 0 aromatic heterocycles. The van der Waals surface area contributed by atoms with Crippen molar-refractivity contribution in [3.05, 3.63) is 0 Å². The van der Waals surface area contributed by atoms with Gasteiger partial charge in [-0.3, -0.25) is 4.79 Å². The summed E-state index contributed by atoms with van der Waals surface area (Å²) in [6.45, 7) is 19.9. The molecule has 0 radical (unpaired) electrons. The summed E-state index contributed by atoms with van der Waals surface area (Å²) in [5, 5.41) is 0. The number of hydrogen-bond donors (Lipinski definition) is 0. The van der Waals surface area contributed by atoms with E-state index < -0.39 is 0 Å². The molecule has 1 spiro atoms. The second-order valence-corrected chi connectivity index (χ2v) is 13.3. The number of carbonyl (C=O) groups is 1. The predicted molar refractivity (Wildman–Crippen MR) is 128 cm³/mol. The Balaban J connectivity index is 1.36. The number of carbonyl (C=O) groups excluding carboxylic acids is 1. The molecular weight excluding hydrogens is 368 g/mol. The van der Waals surface area contributed by atoms with Gasteiger partial charge in [-0.15, -0.1) is 0 Å². The summed E-state index contributed by atoms with van der Waals surface area (Å²) >= 11 is 0. The second-order valence-electron chi connectivity index (χ2n) is 13.3. The van der Waals surface area contributed by atoms with Gasteiger partial charge in [-0.1, -0.05) is 41.5 Å². The van der Waals surface area contributed by atoms with Crippen molar-refractivity contribution < 1.29 is 4.79 Å². The zero-order chi connectivity index (χ0) is 22.0. The highest BCUT2D eigenvalue weighted by Crippen LogP contribution is 2.43. The summed E-state index contributed by atoms with van der Waals surface area (Å²) in [4.78, 5) is 17.5. The fourth-order valence-corrected chi connectivity index (χ4v) is 6.16. The minimum absolute atomic E-state index is 0.255. The molecule has 2 saturated heterocycles. The summed E-state index contributed by atoms with van der Waals surface area (Å²) in [6.07, 6.45) is 12.7. The van der Waals surface area contributed by atoms with Crippen LogP contribution in [-0.4, -0.2) is 48.4 Å². The van der Waals surface area contributed by atoms with Crippen LogP contribution in [0.4, 0.5) is 0 Å². The molecule has 3 nitrogen and oxygen atoms in total. The highest BCUT2D eigenvalue weighted by atomic mass is 16.2. The minimum atomic E-state index is 0.255. The molecule has 3 rings (SSSR count). The number of hydrogen-bond acceptors (Lipinski definition) is 2. The monoisotopic (exact) mass is 418 g/mol. The van der Waals surface area contributed by atoms with E-state index in [1.807, 2.05) is 0 Å². The summed E-state index contributed by atoms with van der Waals surface area (Å²) < 4.78 is 0. The van der Waals surface area contributed by atoms with Crippen LogP contribution < -0.4 is 0 Å². The fourth-order valence-electron chi connectivity index (χ4n) is 6.16. The molecular formula is C27H50N2O. The van der Waals surface area contributed by atoms with Crippen LogP contribution in [0.1, 0.15) is 106 Å². The van der Waals surface area contributed by atoms with Crippen molar-refractivity contribution in [1.82, 2.24) is 9.80 Å². The van der Waals surface area contributed by atoms with Gasteiger partial charge in [-0.25, -0.2) is 0 Å². The molecule has 0 unspecified atom stereocenters. The van der Waals surface area contributed by atoms with E-state index in [4.69, 9.17) is 0 Å². The third-order valence-corrected chi connectivity index (χ3v) is 8.77. The van der Waals surface area contributed by atoms with Crippen LogP contribution in [0.15, 0.2) is 0 Å². The van der Waals surface area contributed by atoms with Crippen molar-refractivity contribution in [2.75, 3.05) is 32.7 Å². The maximum absolute atomic E-state index is 12.6. The van der Waals surface area contributed by atoms with Crippen molar-refractivity contribution in [2.45, 2.75) is 106 Å². The number of nitrogens with zero attached hydrogens (tertiary/aromatic N) is 2. The molecule has 174 valence electrons. The average molecular weight is 419 g/mol. The van der Waals surface area contributed by atoms with E-state index >= 15 is 0 Å². The molecule has 3 fully saturated rings. The minimum Gasteiger partial charge on any atom is -0.343 e. The highest BCUT2D eigenvalue weighted by molar-refractivity contribution is 5.76. The summed E-state index contributed by atoms with van der Waals surface area (Å²) in [6, 6.07) is 0. The maximum Gasteiger partial charge on any atom is 0.222 e. The van der Waals surface area contributed by atoms with Gasteiger partial charge in [0.2, 0.25) is 5.91 Å². The van der Waals surface area contributed by atoms with E-state index in [1.165, 1.54) is 71.0 Å². The van der Waals surface area contributed by atoms with Crippen molar-refractivity contribution in [3.8, 4) is 0 Å². The SMILES string of the molecule is CC(C)(C)CCC(=O)N1CCC2(CCN(CC3CCC(C(C)(C)C)CC3)CC2)CC1. The van der Waals surface area contributed by atoms with E-state index in [-0.39, 0.29) is 5.41 Å². The lowest BCUT2D eigenvalue weighted by Crippen LogP contribution is -2.49. The molecule has 2 aliphatic heterocycles. The van der Waals surface area contributed by atoms with Crippen LogP contribution in [0, 0.1) is 28.1 Å². The van der Waals surface area contributed by atoms with E-state index in [0.29, 0.717) is 16.7 Å². The standard InChI is InChI=1S/C27H50N2O/c1-25(2,3)12-11-24(30)29-19-15-27(16-20-29)13-17-28(18-14-27)21-22-7-9-23(10-8-22)26(4,5)6/h22-23H,7-21H2,1-6H3. The van der Waals surface area contributed by atoms with Crippen molar-refractivity contribution >= 4 is 5.91 Å². The number of rotatable bonds is 4. The van der Waals surface area contributed by atoms with Crippen LogP contribution >= 0.6 is 0 Å². The summed E-state index contributed by atoms with van der Waals surface area (Å²) in [5.74, 6) is 2.25. The van der Waals surface area contributed by atoms with Gasteiger partial charge in [-0.05, 0) is 99.0 Å². The van der Waals surface area contributed by atoms with Crippen molar-refractivity contribution in [2.24, 2.45) is 28.1 Å². The molecule has 0 atom stereocenters. The summed E-state index contributed by atoms with van der Waals surface area (Å²) in [7, 11) is 0. The topological polar surface area (TPSA) is 23.6 Å². The maximum atomic E-state index is 12.6. The van der Waals surface area contributed by atoms with Gasteiger partial charge in [0.15, 0.2) is 0 Å². The summed E-state index contributed by atoms with van der Waals surface area (Å²) in [5.41, 5.74) is 1.28. The normalized spacial score (nSPS) is 28.7. The van der Waals surface area contributed by atoms with Gasteiger partial charge < -0.3 is 9.80 Å². The van der Waals surface area contributed by atoms with Gasteiger partial charge in [0.1, 0.15) is 0 Å². The van der Waals surface area contributed by atoms with Crippen LogP contribution in [0.5, 0.6) is 0 Å². The molecule has 0 aromatic rings. The molecule has 0 aromatic carbocycles. The molecule has 1 aliphatic carbocycles. The van der Waals surface area contributed by atoms with E-state index in [1.54, 1.807) is 0 Å². The number of likely N-dealkylation sites (tertiary alicyclic amines) is 2. The molecule has 3 aliphatic rings. The molecule has 1 saturated carbocycles. The van der Waals surface area contributed by atoms with Crippen LogP contribution in [0.3, 0.4) is 0 Å². The van der Waals surface area contributed by atoms with Crippen LogP contribution in [0.2, 0.25) is 0 Å². The van der Waals surface area contributed by atoms with E-state index in [2.05, 4.69) is 51.3 Å². The lowest BCUT2D eigenvalue weighted by Gasteiger charge is -2.48. The first-order chi connectivity index (χ1) is 14.0. The quantitative estimate of drug-likeness (QED) is 0.529. The van der Waals surface area contributed by atoms with Crippen LogP contribution in [0.25, 0.3) is 0 Å². The Labute approximate surface area is 187 Å². The first-order valence-corrected chi connectivity index (χ1v) is 13.0. The Morgan fingerprint density at radius 2 is 1.37 bits per heavy atom. The van der Waals surface area contributed by atoms with Gasteiger partial charge >= 0.3 is 0 Å². The van der Waals surface area contributed by atoms with Gasteiger partial charge in [0.05, 0.1) is 0 Å². The zero-order valence-corrected chi connectivity index (χ0v) is 21.1. The highest BCUT2D eigenvalue weighted by Gasteiger charge is 2.39. The van der Waals surface area contributed by atoms with E-state index in [0.717, 1.165) is 37.8 Å². The molecule has 2 heterocycles. The Bertz CT molecular complexity index is 544. The lowest BCUT2D eigenvalue weighted by atomic mass is 9.69. The smallest absolute Gasteiger partial charge is 0.222 e. The predicted octanol–water partition coefficient (Wildman–Crippen LogP) is 6.37. The molecule has 1 amide bonds. The van der Waals surface area contributed by atoms with Crippen molar-refractivity contribution in [1.29, 1.82) is 0 Å². The first kappa shape index (κ1) is 24.1. The van der Waals surface area contributed by atoms with Crippen molar-refractivity contribution in [3.63, 3.8) is 0 Å². The Kier molecular flexibility index (Phi) is 7.63. The zero-order valence-electron chi connectivity index (χ0n) is 21.1. The third-order valence-electron chi connectivity index (χ3n) is 8.77. The van der Waals surface area contributed by atoms with E-state index in [9.17, 15) is 4.79 Å². The molecule has 3 heteroatoms. The van der Waals surface area contributed by atoms with Gasteiger partial charge in [0, 0.05) is 26.1 Å². The largest absolute Gasteiger partial charge is 0.343 e. The fraction of sp³-hybridized carbons (Fsp3) is 0.963. The van der Waals surface area contributed by atoms with Crippen LogP contribution in [-0.2, 0) is 4.79 Å². The Morgan fingerprint density at radius 1 is 0.833 bits per heavy atom. The molecule has 0 N–H and O–H groups in total. The number of piperidine rings is 2. The Morgan fingerprint density at radius 3 is 1.87 bits per heavy atom. The first-order valence-electron chi connectivity index (χ1n) is 13.0. The van der Waals surface area contributed by atoms with Gasteiger partial charge in [0.25, 0.3) is 0 Å².